The molecule has 0 aromatic heterocycles. The minimum Gasteiger partial charge on any atom is -0.385 e. The number of hydrogen-bond acceptors (Lipinski definition) is 1. The molecule has 1 aliphatic rings. The average molecular weight is 231 g/mol. The third-order valence-corrected chi connectivity index (χ3v) is 2.82. The molecule has 1 nitrogen and oxygen atoms in total. The van der Waals surface area contributed by atoms with Crippen LogP contribution < -0.4 is 0 Å². The van der Waals surface area contributed by atoms with E-state index in [1.165, 1.54) is 6.07 Å². The van der Waals surface area contributed by atoms with Gasteiger partial charge in [-0.25, -0.2) is 4.39 Å². The second kappa shape index (κ2) is 2.54. The Bertz CT molecular complexity index is 320. The fourth-order valence-electron chi connectivity index (χ4n) is 1.19. The van der Waals surface area contributed by atoms with Crippen molar-refractivity contribution in [3.63, 3.8) is 0 Å². The molecule has 0 unspecified atom stereocenters. The van der Waals surface area contributed by atoms with Gasteiger partial charge in [0, 0.05) is 0 Å². The molecule has 1 aliphatic carbocycles. The molecule has 0 amide bonds. The number of rotatable bonds is 1. The van der Waals surface area contributed by atoms with Gasteiger partial charge in [0.1, 0.15) is 5.82 Å². The molecule has 1 aromatic rings. The molecule has 0 radical (unpaired) electrons. The molecule has 1 aromatic carbocycles. The van der Waals surface area contributed by atoms with Gasteiger partial charge < -0.3 is 5.11 Å². The second-order valence-electron chi connectivity index (χ2n) is 3.16. The highest BCUT2D eigenvalue weighted by Gasteiger charge is 2.42. The van der Waals surface area contributed by atoms with Crippen LogP contribution in [0.2, 0.25) is 0 Å². The Hall–Kier alpha value is -0.410. The van der Waals surface area contributed by atoms with Gasteiger partial charge in [0.15, 0.2) is 0 Å². The normalized spacial score (nSPS) is 19.2. The van der Waals surface area contributed by atoms with Crippen molar-refractivity contribution in [1.29, 1.82) is 0 Å². The Labute approximate surface area is 78.3 Å². The highest BCUT2D eigenvalue weighted by atomic mass is 79.9. The lowest BCUT2D eigenvalue weighted by Crippen LogP contribution is -2.04. The largest absolute Gasteiger partial charge is 0.385 e. The molecule has 0 bridgehead atoms. The van der Waals surface area contributed by atoms with Crippen molar-refractivity contribution in [1.82, 2.24) is 0 Å². The van der Waals surface area contributed by atoms with Gasteiger partial charge in [-0.1, -0.05) is 6.07 Å². The summed E-state index contributed by atoms with van der Waals surface area (Å²) in [6.07, 6.45) is 1.49. The Morgan fingerprint density at radius 2 is 2.08 bits per heavy atom. The third-order valence-electron chi connectivity index (χ3n) is 2.18. The molecule has 64 valence electrons. The molecular formula is C9H8BrFO. The van der Waals surface area contributed by atoms with Gasteiger partial charge in [0.25, 0.3) is 0 Å². The summed E-state index contributed by atoms with van der Waals surface area (Å²) in [6.45, 7) is 0. The number of benzene rings is 1. The van der Waals surface area contributed by atoms with Crippen LogP contribution in [0, 0.1) is 5.82 Å². The number of halogens is 2. The van der Waals surface area contributed by atoms with Crippen molar-refractivity contribution in [3.8, 4) is 0 Å². The molecule has 2 rings (SSSR count). The second-order valence-corrected chi connectivity index (χ2v) is 4.01. The Morgan fingerprint density at radius 1 is 1.42 bits per heavy atom. The SMILES string of the molecule is OC1(c2ccc(Br)c(F)c2)CC1. The van der Waals surface area contributed by atoms with E-state index in [1.54, 1.807) is 12.1 Å². The van der Waals surface area contributed by atoms with E-state index in [2.05, 4.69) is 15.9 Å². The van der Waals surface area contributed by atoms with Crippen LogP contribution in [0.3, 0.4) is 0 Å². The summed E-state index contributed by atoms with van der Waals surface area (Å²) < 4.78 is 13.4. The fraction of sp³-hybridized carbons (Fsp3) is 0.333. The standard InChI is InChI=1S/C9H8BrFO/c10-7-2-1-6(5-8(7)11)9(12)3-4-9/h1-2,5,12H,3-4H2. The zero-order valence-electron chi connectivity index (χ0n) is 6.35. The summed E-state index contributed by atoms with van der Waals surface area (Å²) >= 11 is 3.06. The predicted octanol–water partition coefficient (Wildman–Crippen LogP) is 2.57. The quantitative estimate of drug-likeness (QED) is 0.787. The molecule has 0 heterocycles. The lowest BCUT2D eigenvalue weighted by molar-refractivity contribution is 0.151. The summed E-state index contributed by atoms with van der Waals surface area (Å²) in [5.74, 6) is -0.312. The summed E-state index contributed by atoms with van der Waals surface area (Å²) in [5.41, 5.74) is -0.0511. The van der Waals surface area contributed by atoms with Gasteiger partial charge in [-0.15, -0.1) is 0 Å². The number of aliphatic hydroxyl groups is 1. The van der Waals surface area contributed by atoms with E-state index in [0.717, 1.165) is 12.8 Å². The van der Waals surface area contributed by atoms with Crippen molar-refractivity contribution < 1.29 is 9.50 Å². The third kappa shape index (κ3) is 1.27. The van der Waals surface area contributed by atoms with Gasteiger partial charge in [0.05, 0.1) is 10.1 Å². The molecule has 0 aliphatic heterocycles. The van der Waals surface area contributed by atoms with E-state index in [9.17, 15) is 9.50 Å². The maximum atomic E-state index is 13.0. The maximum Gasteiger partial charge on any atom is 0.137 e. The van der Waals surface area contributed by atoms with Crippen molar-refractivity contribution in [2.75, 3.05) is 0 Å². The molecule has 0 spiro atoms. The minimum absolute atomic E-state index is 0.312. The summed E-state index contributed by atoms with van der Waals surface area (Å²) in [5, 5.41) is 9.63. The van der Waals surface area contributed by atoms with E-state index in [1.807, 2.05) is 0 Å². The molecule has 0 saturated heterocycles. The van der Waals surface area contributed by atoms with E-state index in [0.29, 0.717) is 10.0 Å². The van der Waals surface area contributed by atoms with Gasteiger partial charge in [0.2, 0.25) is 0 Å². The topological polar surface area (TPSA) is 20.2 Å². The van der Waals surface area contributed by atoms with Crippen LogP contribution in [0.25, 0.3) is 0 Å². The van der Waals surface area contributed by atoms with Crippen molar-refractivity contribution in [2.45, 2.75) is 18.4 Å². The lowest BCUT2D eigenvalue weighted by atomic mass is 10.1. The van der Waals surface area contributed by atoms with Gasteiger partial charge in [-0.3, -0.25) is 0 Å². The van der Waals surface area contributed by atoms with Crippen molar-refractivity contribution in [3.05, 3.63) is 34.1 Å². The molecule has 12 heavy (non-hydrogen) atoms. The molecule has 1 N–H and O–H groups in total. The first-order valence-electron chi connectivity index (χ1n) is 3.80. The van der Waals surface area contributed by atoms with Crippen LogP contribution in [-0.4, -0.2) is 5.11 Å². The Balaban J connectivity index is 2.41. The van der Waals surface area contributed by atoms with Crippen LogP contribution in [0.1, 0.15) is 18.4 Å². The molecule has 0 atom stereocenters. The lowest BCUT2D eigenvalue weighted by Gasteiger charge is -2.07. The first-order chi connectivity index (χ1) is 5.62. The zero-order valence-corrected chi connectivity index (χ0v) is 7.94. The van der Waals surface area contributed by atoms with E-state index < -0.39 is 5.60 Å². The Kier molecular flexibility index (Phi) is 1.73. The van der Waals surface area contributed by atoms with Crippen LogP contribution in [0.5, 0.6) is 0 Å². The highest BCUT2D eigenvalue weighted by molar-refractivity contribution is 9.10. The molecular weight excluding hydrogens is 223 g/mol. The van der Waals surface area contributed by atoms with Crippen LogP contribution in [0.4, 0.5) is 4.39 Å². The number of hydrogen-bond donors (Lipinski definition) is 1. The minimum atomic E-state index is -0.735. The first-order valence-corrected chi connectivity index (χ1v) is 4.59. The smallest absolute Gasteiger partial charge is 0.137 e. The van der Waals surface area contributed by atoms with Crippen LogP contribution in [-0.2, 0) is 5.60 Å². The van der Waals surface area contributed by atoms with Gasteiger partial charge in [-0.05, 0) is 46.5 Å². The summed E-state index contributed by atoms with van der Waals surface area (Å²) in [4.78, 5) is 0. The van der Waals surface area contributed by atoms with Gasteiger partial charge in [-0.2, -0.15) is 0 Å². The van der Waals surface area contributed by atoms with Crippen LogP contribution in [0.15, 0.2) is 22.7 Å². The monoisotopic (exact) mass is 230 g/mol. The molecule has 1 fully saturated rings. The summed E-state index contributed by atoms with van der Waals surface area (Å²) in [7, 11) is 0. The molecule has 1 saturated carbocycles. The van der Waals surface area contributed by atoms with E-state index in [-0.39, 0.29) is 5.82 Å². The van der Waals surface area contributed by atoms with Crippen LogP contribution >= 0.6 is 15.9 Å². The molecule has 3 heteroatoms. The fourth-order valence-corrected chi connectivity index (χ4v) is 1.44. The van der Waals surface area contributed by atoms with Crippen molar-refractivity contribution >= 4 is 15.9 Å². The van der Waals surface area contributed by atoms with Crippen molar-refractivity contribution in [2.24, 2.45) is 0 Å². The zero-order chi connectivity index (χ0) is 8.77. The van der Waals surface area contributed by atoms with E-state index >= 15 is 0 Å². The average Bonchev–Trinajstić information content (AvgIpc) is 2.75. The predicted molar refractivity (Wildman–Crippen MR) is 47.2 cm³/mol. The maximum absolute atomic E-state index is 13.0. The first kappa shape index (κ1) is 8.20. The van der Waals surface area contributed by atoms with E-state index in [4.69, 9.17) is 0 Å². The summed E-state index contributed by atoms with van der Waals surface area (Å²) in [6, 6.07) is 4.76. The Morgan fingerprint density at radius 3 is 2.58 bits per heavy atom. The van der Waals surface area contributed by atoms with Gasteiger partial charge >= 0.3 is 0 Å². The highest BCUT2D eigenvalue weighted by Crippen LogP contribution is 2.45.